The molecule has 2 bridgehead atoms. The molecule has 9 aliphatic rings. The number of phenolic OH excluding ortho intramolecular Hbond substituents is 1. The average molecular weight is 1260 g/mol. The Labute approximate surface area is 534 Å². The number of aromatic hydroxyl groups is 1. The molecule has 2 aromatic rings. The third kappa shape index (κ3) is 11.5. The van der Waals surface area contributed by atoms with Gasteiger partial charge in [0.1, 0.15) is 17.9 Å². The molecule has 4 saturated carbocycles. The molecule has 0 spiro atoms. The fourth-order valence-corrected chi connectivity index (χ4v) is 23.6. The number of ketones is 2. The number of Topliss-reactive ketones (excluding diaryl/α,β-unsaturated/α-hetero) is 2. The van der Waals surface area contributed by atoms with Gasteiger partial charge in [0.2, 0.25) is 0 Å². The topological polar surface area (TPSA) is 294 Å². The predicted octanol–water partition coefficient (Wildman–Crippen LogP) is 8.97. The number of aromatic nitrogens is 1. The maximum atomic E-state index is 17.1. The first kappa shape index (κ1) is 66.1. The van der Waals surface area contributed by atoms with Crippen molar-refractivity contribution in [3.63, 3.8) is 0 Å². The number of H-pyrrole nitrogens is 1. The second-order valence-electron chi connectivity index (χ2n) is 29.6. The first-order valence-electron chi connectivity index (χ1n) is 33.8. The van der Waals surface area contributed by atoms with Crippen molar-refractivity contribution in [1.82, 2.24) is 10.3 Å². The van der Waals surface area contributed by atoms with E-state index in [-0.39, 0.29) is 122 Å². The van der Waals surface area contributed by atoms with Crippen molar-refractivity contribution >= 4 is 45.1 Å². The smallest absolute Gasteiger partial charge is 0.314 e. The van der Waals surface area contributed by atoms with Crippen molar-refractivity contribution in [3.05, 3.63) is 76.8 Å². The maximum Gasteiger partial charge on any atom is 0.314 e. The van der Waals surface area contributed by atoms with Gasteiger partial charge in [0.25, 0.3) is 0 Å². The van der Waals surface area contributed by atoms with Crippen LogP contribution in [-0.4, -0.2) is 131 Å². The number of guanidine groups is 1. The minimum absolute atomic E-state index is 0.0185. The monoisotopic (exact) mass is 1260 g/mol. The number of nitrogens with two attached hydrogens (primary N) is 2. The molecule has 11 rings (SSSR count). The zero-order valence-corrected chi connectivity index (χ0v) is 54.9. The maximum absolute atomic E-state index is 17.1. The highest BCUT2D eigenvalue weighted by atomic mass is 33.1. The Hall–Kier alpha value is -4.32. The number of hydrogen-bond donors (Lipinski definition) is 11. The molecule has 488 valence electrons. The van der Waals surface area contributed by atoms with Crippen LogP contribution in [0.4, 0.5) is 0 Å². The van der Waals surface area contributed by atoms with E-state index in [4.69, 9.17) is 16.2 Å². The van der Waals surface area contributed by atoms with E-state index < -0.39 is 94.1 Å². The molecule has 0 unspecified atom stereocenters. The van der Waals surface area contributed by atoms with E-state index in [1.807, 2.05) is 18.5 Å². The van der Waals surface area contributed by atoms with Crippen molar-refractivity contribution in [1.29, 1.82) is 0 Å². The summed E-state index contributed by atoms with van der Waals surface area (Å²) in [4.78, 5) is 54.4. The first-order valence-corrected chi connectivity index (χ1v) is 36.3. The van der Waals surface area contributed by atoms with E-state index >= 15 is 14.7 Å². The van der Waals surface area contributed by atoms with Crippen molar-refractivity contribution in [2.75, 3.05) is 24.7 Å². The lowest BCUT2D eigenvalue weighted by Crippen LogP contribution is -2.71. The van der Waals surface area contributed by atoms with E-state index in [0.717, 1.165) is 49.7 Å². The van der Waals surface area contributed by atoms with Crippen LogP contribution in [0, 0.1) is 93.2 Å². The number of hydrogen-bond acceptors (Lipinski definition) is 15. The lowest BCUT2D eigenvalue weighted by atomic mass is 9.37. The summed E-state index contributed by atoms with van der Waals surface area (Å²) < 4.78 is 6.35. The van der Waals surface area contributed by atoms with Crippen LogP contribution in [0.25, 0.3) is 0 Å². The number of aliphatic hydroxyl groups excluding tert-OH is 4. The molecular formula is C71H101N5O11S2. The van der Waals surface area contributed by atoms with E-state index in [9.17, 15) is 35.4 Å². The summed E-state index contributed by atoms with van der Waals surface area (Å²) in [5.41, 5.74) is 8.22. The Morgan fingerprint density at radius 2 is 1.69 bits per heavy atom. The summed E-state index contributed by atoms with van der Waals surface area (Å²) >= 11 is 0. The summed E-state index contributed by atoms with van der Waals surface area (Å²) in [6.45, 7) is 11.9. The number of carbonyl (C=O) groups excluding carboxylic acids is 3. The molecule has 0 radical (unpaired) electrons. The van der Waals surface area contributed by atoms with Gasteiger partial charge in [-0.2, -0.15) is 0 Å². The van der Waals surface area contributed by atoms with E-state index in [1.54, 1.807) is 31.2 Å². The van der Waals surface area contributed by atoms with Crippen LogP contribution in [-0.2, 0) is 19.1 Å². The van der Waals surface area contributed by atoms with Crippen LogP contribution in [0.1, 0.15) is 180 Å². The Morgan fingerprint density at radius 1 is 0.921 bits per heavy atom. The third-order valence-electron chi connectivity index (χ3n) is 25.0. The van der Waals surface area contributed by atoms with E-state index in [0.29, 0.717) is 61.0 Å². The van der Waals surface area contributed by atoms with Gasteiger partial charge in [-0.05, 0) is 172 Å². The predicted molar refractivity (Wildman–Crippen MR) is 348 cm³/mol. The first-order chi connectivity index (χ1) is 42.5. The van der Waals surface area contributed by atoms with Crippen LogP contribution >= 0.6 is 21.6 Å². The number of ether oxygens (including phenoxy) is 1. The second kappa shape index (κ2) is 26.2. The van der Waals surface area contributed by atoms with Crippen molar-refractivity contribution in [3.8, 4) is 17.6 Å². The minimum atomic E-state index is -1.99. The fourth-order valence-electron chi connectivity index (χ4n) is 20.8. The van der Waals surface area contributed by atoms with Crippen LogP contribution in [0.5, 0.6) is 5.75 Å². The highest BCUT2D eigenvalue weighted by Gasteiger charge is 2.77. The molecule has 16 nitrogen and oxygen atoms in total. The number of aliphatic hydroxyl groups is 6. The zero-order chi connectivity index (χ0) is 63.5. The molecular weight excluding hydrogens is 1160 g/mol. The Morgan fingerprint density at radius 3 is 2.39 bits per heavy atom. The number of aliphatic imine (C=N–C) groups is 1. The molecule has 0 amide bonds. The SMILES string of the molecule is CCCCC[C@]12C(=O)C3=C4[C@H](CC[C@]5(CCN=C(N)N)[C@@H]6[C@@H](CC#C[C@@H]([C@H]7[C@H](CC)OC(=O)[C@@H]7c7cc[nH]c7)C[C@@H]7[C@@H](CC=C8CC[C@H](C)C[C@H]87)[C@H](C)C[C@@H](O)[C@]6(C)O)C[C@@]45O)[C@@]1(C)C[C@H](O)[C@H](O)[C@H]2CSSC[C@@H](c1ccc(O)cc1)CC(=O)[C@H](CO)N3. The molecule has 18 heteroatoms. The van der Waals surface area contributed by atoms with Crippen LogP contribution in [0.3, 0.4) is 0 Å². The standard InChI is InChI=1S/C71H101N5O11S2/c1-7-9-10-24-70-52-38-89-88-37-46(41-16-19-47(78)20-17-41)32-54(79)53(36-77)76-61(64(70)83)60-51(67(70,5)34-55(80)62(52)82)22-25-69(26-28-75-66(72)73)63-44(33-71(60,69)86)13-11-12-43(58-56(8-2)87-65(84)59(58)45-23-27-74-35-45)31-50-48(40(4)30-57(81)68(63,6)85)21-18-42-15-14-39(3)29-49(42)50/h16-20,23,27,35,39-40,43-44,46,48-53,55-59,62-63,74,76-78,80-82,85-86H,7-10,13-15,21-22,24-26,28-34,36-38H2,1-6H3,(H4,72,73,75)/t39-,40+,43+,44-,46-,48-,49+,50+,51-,52+,53-,55-,56-,57+,58-,59+,62+,63+,67+,68-,69-,70-,71+/m0/s1. The van der Waals surface area contributed by atoms with Crippen LogP contribution < -0.4 is 16.8 Å². The number of allylic oxidation sites excluding steroid dienone is 3. The third-order valence-corrected chi connectivity index (χ3v) is 27.5. The van der Waals surface area contributed by atoms with Gasteiger partial charge >= 0.3 is 5.97 Å². The van der Waals surface area contributed by atoms with Gasteiger partial charge in [0.05, 0.1) is 47.7 Å². The van der Waals surface area contributed by atoms with Crippen LogP contribution in [0.2, 0.25) is 0 Å². The molecule has 2 aliphatic heterocycles. The summed E-state index contributed by atoms with van der Waals surface area (Å²) in [5.74, 6) is 3.93. The molecule has 1 aromatic heterocycles. The molecule has 7 aliphatic carbocycles. The van der Waals surface area contributed by atoms with Crippen molar-refractivity contribution < 1.29 is 54.9 Å². The highest BCUT2D eigenvalue weighted by Crippen LogP contribution is 2.75. The Bertz CT molecular complexity index is 3070. The molecule has 3 heterocycles. The van der Waals surface area contributed by atoms with Gasteiger partial charge in [-0.3, -0.25) is 19.4 Å². The second-order valence-corrected chi connectivity index (χ2v) is 32.1. The lowest BCUT2D eigenvalue weighted by molar-refractivity contribution is -0.213. The molecule has 89 heavy (non-hydrogen) atoms. The number of unbranched alkanes of at least 4 members (excludes halogenated alkanes) is 2. The largest absolute Gasteiger partial charge is 0.508 e. The van der Waals surface area contributed by atoms with Gasteiger partial charge in [0, 0.05) is 83.7 Å². The Balaban J connectivity index is 1.12. The van der Waals surface area contributed by atoms with Gasteiger partial charge in [-0.25, -0.2) is 0 Å². The van der Waals surface area contributed by atoms with Crippen molar-refractivity contribution in [2.45, 2.75) is 211 Å². The highest BCUT2D eigenvalue weighted by molar-refractivity contribution is 8.76. The number of phenols is 1. The molecule has 2 saturated heterocycles. The van der Waals surface area contributed by atoms with E-state index in [1.165, 1.54) is 27.2 Å². The number of nitrogens with zero attached hydrogens (tertiary/aromatic N) is 1. The number of benzene rings is 1. The summed E-state index contributed by atoms with van der Waals surface area (Å²) in [5, 5.41) is 92.7. The summed E-state index contributed by atoms with van der Waals surface area (Å²) in [6.07, 6.45) is 11.2. The number of rotatable bonds is 12. The number of esters is 1. The fraction of sp³-hybridized carbons (Fsp3) is 0.718. The lowest BCUT2D eigenvalue weighted by Gasteiger charge is -2.68. The van der Waals surface area contributed by atoms with Gasteiger partial charge in [-0.1, -0.05) is 105 Å². The quantitative estimate of drug-likeness (QED) is 0.0180. The number of cyclic esters (lactones) is 1. The molecule has 1 aromatic carbocycles. The molecule has 23 atom stereocenters. The minimum Gasteiger partial charge on any atom is -0.508 e. The van der Waals surface area contributed by atoms with Gasteiger partial charge in [-0.15, -0.1) is 5.92 Å². The number of fused-ring (bicyclic) bond motifs is 10. The Kier molecular flexibility index (Phi) is 19.5. The van der Waals surface area contributed by atoms with Gasteiger partial charge in [0.15, 0.2) is 17.5 Å². The summed E-state index contributed by atoms with van der Waals surface area (Å²) in [7, 11) is 3.05. The summed E-state index contributed by atoms with van der Waals surface area (Å²) in [6, 6.07) is 7.39. The number of carbonyl (C=O) groups is 3. The van der Waals surface area contributed by atoms with Gasteiger partial charge < -0.3 is 62.3 Å². The van der Waals surface area contributed by atoms with Crippen LogP contribution in [0.15, 0.2) is 70.6 Å². The van der Waals surface area contributed by atoms with Crippen molar-refractivity contribution in [2.24, 2.45) is 97.8 Å². The number of aromatic amines is 1. The molecule has 6 fully saturated rings. The normalized spacial score (nSPS) is 43.3. The number of nitrogens with one attached hydrogen (secondary N) is 2. The zero-order valence-electron chi connectivity index (χ0n) is 53.2. The van der Waals surface area contributed by atoms with E-state index in [2.05, 4.69) is 67.8 Å². The molecule has 13 N–H and O–H groups in total. The average Bonchev–Trinajstić information content (AvgIpc) is 1.65.